The van der Waals surface area contributed by atoms with E-state index in [0.29, 0.717) is 11.5 Å². The van der Waals surface area contributed by atoms with Crippen molar-refractivity contribution >= 4 is 12.4 Å². The molecular weight excluding hydrogens is 342 g/mol. The van der Waals surface area contributed by atoms with Crippen LogP contribution in [0.4, 0.5) is 0 Å². The molecular formula is C19H24ClNO4. The highest BCUT2D eigenvalue weighted by atomic mass is 35.5. The summed E-state index contributed by atoms with van der Waals surface area (Å²) in [6.07, 6.45) is 1.67. The molecule has 0 amide bonds. The molecule has 5 nitrogen and oxygen atoms in total. The number of aromatic hydroxyl groups is 2. The lowest BCUT2D eigenvalue weighted by Crippen LogP contribution is -2.33. The summed E-state index contributed by atoms with van der Waals surface area (Å²) in [6.45, 7) is 0.938. The highest BCUT2D eigenvalue weighted by Crippen LogP contribution is 2.39. The molecule has 0 aromatic heterocycles. The Morgan fingerprint density at radius 1 is 1.04 bits per heavy atom. The molecule has 0 saturated carbocycles. The Kier molecular flexibility index (Phi) is 6.03. The van der Waals surface area contributed by atoms with Gasteiger partial charge in [-0.2, -0.15) is 0 Å². The van der Waals surface area contributed by atoms with Gasteiger partial charge in [0.1, 0.15) is 0 Å². The minimum absolute atomic E-state index is 0. The van der Waals surface area contributed by atoms with Crippen molar-refractivity contribution in [1.29, 1.82) is 0 Å². The predicted octanol–water partition coefficient (Wildman–Crippen LogP) is 3.31. The topological polar surface area (TPSA) is 62.2 Å². The summed E-state index contributed by atoms with van der Waals surface area (Å²) < 4.78 is 10.3. The third-order valence-corrected chi connectivity index (χ3v) is 4.74. The molecule has 0 fully saturated rings. The van der Waals surface area contributed by atoms with Crippen molar-refractivity contribution in [2.75, 3.05) is 27.8 Å². The first-order valence-electron chi connectivity index (χ1n) is 7.99. The number of fused-ring (bicyclic) bond motifs is 1. The van der Waals surface area contributed by atoms with Gasteiger partial charge in [-0.05, 0) is 60.8 Å². The van der Waals surface area contributed by atoms with Crippen molar-refractivity contribution in [3.8, 4) is 23.0 Å². The van der Waals surface area contributed by atoms with Crippen molar-refractivity contribution in [3.05, 3.63) is 47.0 Å². The van der Waals surface area contributed by atoms with E-state index in [0.717, 1.165) is 30.5 Å². The molecule has 0 radical (unpaired) electrons. The van der Waals surface area contributed by atoms with Gasteiger partial charge < -0.3 is 19.7 Å². The summed E-state index contributed by atoms with van der Waals surface area (Å²) >= 11 is 0. The maximum Gasteiger partial charge on any atom is 0.160 e. The molecule has 1 aliphatic heterocycles. The normalized spacial score (nSPS) is 16.7. The Labute approximate surface area is 154 Å². The van der Waals surface area contributed by atoms with E-state index in [1.165, 1.54) is 12.7 Å². The molecule has 2 N–H and O–H groups in total. The third kappa shape index (κ3) is 3.78. The van der Waals surface area contributed by atoms with Crippen LogP contribution in [0.3, 0.4) is 0 Å². The molecule has 1 atom stereocenters. The molecule has 1 heterocycles. The van der Waals surface area contributed by atoms with E-state index in [-0.39, 0.29) is 29.9 Å². The van der Waals surface area contributed by atoms with Gasteiger partial charge in [0.15, 0.2) is 23.0 Å². The highest BCUT2D eigenvalue weighted by molar-refractivity contribution is 5.85. The number of ether oxygens (including phenoxy) is 2. The van der Waals surface area contributed by atoms with Crippen LogP contribution in [-0.2, 0) is 12.8 Å². The number of halogens is 1. The highest BCUT2D eigenvalue weighted by Gasteiger charge is 2.27. The average molecular weight is 366 g/mol. The summed E-state index contributed by atoms with van der Waals surface area (Å²) in [5.74, 6) is 1.29. The van der Waals surface area contributed by atoms with Crippen molar-refractivity contribution < 1.29 is 19.7 Å². The molecule has 2 aromatic carbocycles. The Hall–Kier alpha value is -2.11. The number of phenols is 2. The van der Waals surface area contributed by atoms with E-state index in [1.807, 2.05) is 12.1 Å². The fourth-order valence-corrected chi connectivity index (χ4v) is 3.36. The second-order valence-corrected chi connectivity index (χ2v) is 6.18. The standard InChI is InChI=1S/C19H23NO4.ClH/c1-20-7-6-13-10-19(24-3)17(22)11-14(13)15(20)8-12-4-5-18(23-2)16(21)9-12;/h4-5,9-11,15,21-22H,6-8H2,1-3H3;1H/t15-;/m0./s1. The summed E-state index contributed by atoms with van der Waals surface area (Å²) in [4.78, 5) is 2.27. The van der Waals surface area contributed by atoms with Gasteiger partial charge in [-0.1, -0.05) is 6.07 Å². The molecule has 0 aliphatic carbocycles. The lowest BCUT2D eigenvalue weighted by atomic mass is 9.88. The Morgan fingerprint density at radius 2 is 1.72 bits per heavy atom. The quantitative estimate of drug-likeness (QED) is 0.870. The van der Waals surface area contributed by atoms with Crippen molar-refractivity contribution in [3.63, 3.8) is 0 Å². The summed E-state index contributed by atoms with van der Waals surface area (Å²) in [5, 5.41) is 20.1. The zero-order chi connectivity index (χ0) is 17.3. The molecule has 6 heteroatoms. The fourth-order valence-electron chi connectivity index (χ4n) is 3.36. The van der Waals surface area contributed by atoms with Crippen LogP contribution in [0.2, 0.25) is 0 Å². The van der Waals surface area contributed by atoms with Crippen LogP contribution in [-0.4, -0.2) is 42.9 Å². The van der Waals surface area contributed by atoms with Crippen LogP contribution < -0.4 is 9.47 Å². The number of hydrogen-bond donors (Lipinski definition) is 2. The van der Waals surface area contributed by atoms with E-state index < -0.39 is 0 Å². The first-order valence-corrected chi connectivity index (χ1v) is 7.99. The van der Waals surface area contributed by atoms with Crippen LogP contribution in [0.25, 0.3) is 0 Å². The van der Waals surface area contributed by atoms with Gasteiger partial charge >= 0.3 is 0 Å². The monoisotopic (exact) mass is 365 g/mol. The van der Waals surface area contributed by atoms with Crippen LogP contribution in [0.5, 0.6) is 23.0 Å². The predicted molar refractivity (Wildman–Crippen MR) is 99.3 cm³/mol. The second-order valence-electron chi connectivity index (χ2n) is 6.18. The van der Waals surface area contributed by atoms with Crippen molar-refractivity contribution in [2.45, 2.75) is 18.9 Å². The first-order chi connectivity index (χ1) is 11.5. The molecule has 0 bridgehead atoms. The van der Waals surface area contributed by atoms with Crippen LogP contribution in [0.15, 0.2) is 30.3 Å². The van der Waals surface area contributed by atoms with E-state index in [9.17, 15) is 10.2 Å². The number of methoxy groups -OCH3 is 2. The van der Waals surface area contributed by atoms with Gasteiger partial charge in [-0.25, -0.2) is 0 Å². The number of rotatable bonds is 4. The zero-order valence-corrected chi connectivity index (χ0v) is 15.5. The molecule has 25 heavy (non-hydrogen) atoms. The molecule has 1 aliphatic rings. The lowest BCUT2D eigenvalue weighted by molar-refractivity contribution is 0.228. The summed E-state index contributed by atoms with van der Waals surface area (Å²) in [6, 6.07) is 9.35. The van der Waals surface area contributed by atoms with Crippen LogP contribution in [0.1, 0.15) is 22.7 Å². The largest absolute Gasteiger partial charge is 0.504 e. The Morgan fingerprint density at radius 3 is 2.36 bits per heavy atom. The van der Waals surface area contributed by atoms with Gasteiger partial charge in [-0.15, -0.1) is 12.4 Å². The van der Waals surface area contributed by atoms with E-state index in [2.05, 4.69) is 11.9 Å². The smallest absolute Gasteiger partial charge is 0.160 e. The molecule has 3 rings (SSSR count). The molecule has 2 aromatic rings. The van der Waals surface area contributed by atoms with Gasteiger partial charge in [-0.3, -0.25) is 4.90 Å². The summed E-state index contributed by atoms with van der Waals surface area (Å²) in [5.41, 5.74) is 3.33. The Bertz CT molecular complexity index is 750. The molecule has 0 spiro atoms. The molecule has 0 saturated heterocycles. The van der Waals surface area contributed by atoms with Crippen molar-refractivity contribution in [1.82, 2.24) is 4.90 Å². The van der Waals surface area contributed by atoms with Crippen LogP contribution in [0, 0.1) is 0 Å². The van der Waals surface area contributed by atoms with Gasteiger partial charge in [0.2, 0.25) is 0 Å². The number of nitrogens with zero attached hydrogens (tertiary/aromatic N) is 1. The minimum Gasteiger partial charge on any atom is -0.504 e. The maximum atomic E-state index is 10.1. The van der Waals surface area contributed by atoms with Gasteiger partial charge in [0, 0.05) is 12.6 Å². The lowest BCUT2D eigenvalue weighted by Gasteiger charge is -2.35. The van der Waals surface area contributed by atoms with Gasteiger partial charge in [0.05, 0.1) is 14.2 Å². The second kappa shape index (κ2) is 7.85. The van der Waals surface area contributed by atoms with Gasteiger partial charge in [0.25, 0.3) is 0 Å². The molecule has 0 unspecified atom stereocenters. The van der Waals surface area contributed by atoms with Crippen LogP contribution >= 0.6 is 12.4 Å². The fraction of sp³-hybridized carbons (Fsp3) is 0.368. The average Bonchev–Trinajstić information content (AvgIpc) is 2.57. The SMILES string of the molecule is COc1ccc(C[C@H]2c3cc(O)c(OC)cc3CCN2C)cc1O.Cl. The Balaban J connectivity index is 0.00000225. The summed E-state index contributed by atoms with van der Waals surface area (Å²) in [7, 11) is 5.18. The number of likely N-dealkylation sites (N-methyl/N-ethyl adjacent to an activating group) is 1. The first kappa shape index (κ1) is 19.2. The van der Waals surface area contributed by atoms with E-state index in [1.54, 1.807) is 25.3 Å². The van der Waals surface area contributed by atoms with Crippen molar-refractivity contribution in [2.24, 2.45) is 0 Å². The third-order valence-electron chi connectivity index (χ3n) is 4.74. The number of benzene rings is 2. The minimum atomic E-state index is 0. The number of phenolic OH excluding ortho intramolecular Hbond substituents is 2. The molecule has 136 valence electrons. The maximum absolute atomic E-state index is 10.1. The number of hydrogen-bond acceptors (Lipinski definition) is 5. The van der Waals surface area contributed by atoms with E-state index in [4.69, 9.17) is 9.47 Å². The van der Waals surface area contributed by atoms with E-state index >= 15 is 0 Å². The zero-order valence-electron chi connectivity index (χ0n) is 14.7.